The van der Waals surface area contributed by atoms with Crippen LogP contribution in [0.4, 0.5) is 5.69 Å². The molecule has 0 fully saturated rings. The minimum atomic E-state index is -1.55. The van der Waals surface area contributed by atoms with E-state index in [2.05, 4.69) is 41.9 Å². The van der Waals surface area contributed by atoms with Crippen LogP contribution in [-0.2, 0) is 9.53 Å². The number of aliphatic hydroxyl groups is 1. The summed E-state index contributed by atoms with van der Waals surface area (Å²) in [5.41, 5.74) is -0.765. The van der Waals surface area contributed by atoms with Crippen LogP contribution in [0.1, 0.15) is 6.92 Å². The minimum absolute atomic E-state index is 0.0694. The van der Waals surface area contributed by atoms with Gasteiger partial charge in [-0.1, -0.05) is 15.9 Å². The lowest BCUT2D eigenvalue weighted by molar-refractivity contribution is -0.158. The van der Waals surface area contributed by atoms with Gasteiger partial charge in [-0.15, -0.1) is 0 Å². The summed E-state index contributed by atoms with van der Waals surface area (Å²) in [6.45, 7) is 1.47. The zero-order valence-corrected chi connectivity index (χ0v) is 12.6. The average Bonchev–Trinajstić information content (AvgIpc) is 2.26. The van der Waals surface area contributed by atoms with E-state index in [0.29, 0.717) is 0 Å². The number of nitrogens with one attached hydrogen (secondary N) is 1. The number of rotatable bonds is 4. The van der Waals surface area contributed by atoms with Gasteiger partial charge in [0.2, 0.25) is 0 Å². The highest BCUT2D eigenvalue weighted by atomic mass is 79.9. The SMILES string of the molecule is COC(=O)C(C)(O)CNc1ccc(Br)cc1Br. The topological polar surface area (TPSA) is 58.6 Å². The number of hydrogen-bond acceptors (Lipinski definition) is 4. The van der Waals surface area contributed by atoms with Gasteiger partial charge < -0.3 is 15.2 Å². The fraction of sp³-hybridized carbons (Fsp3) is 0.364. The first kappa shape index (κ1) is 14.5. The van der Waals surface area contributed by atoms with Crippen molar-refractivity contribution in [3.8, 4) is 0 Å². The molecule has 0 heterocycles. The zero-order valence-electron chi connectivity index (χ0n) is 9.46. The van der Waals surface area contributed by atoms with Crippen LogP contribution in [-0.4, -0.2) is 30.3 Å². The molecule has 0 amide bonds. The molecule has 1 atom stereocenters. The Morgan fingerprint density at radius 1 is 1.53 bits per heavy atom. The van der Waals surface area contributed by atoms with Gasteiger partial charge in [-0.05, 0) is 41.1 Å². The Kier molecular flexibility index (Phi) is 4.97. The van der Waals surface area contributed by atoms with Crippen molar-refractivity contribution in [1.82, 2.24) is 0 Å². The van der Waals surface area contributed by atoms with Crippen molar-refractivity contribution in [3.63, 3.8) is 0 Å². The van der Waals surface area contributed by atoms with Crippen LogP contribution in [0.15, 0.2) is 27.1 Å². The van der Waals surface area contributed by atoms with Gasteiger partial charge in [-0.2, -0.15) is 0 Å². The van der Waals surface area contributed by atoms with Crippen LogP contribution in [0.2, 0.25) is 0 Å². The summed E-state index contributed by atoms with van der Waals surface area (Å²) in [6.07, 6.45) is 0. The maximum Gasteiger partial charge on any atom is 0.339 e. The molecule has 2 N–H and O–H groups in total. The molecule has 0 aliphatic heterocycles. The Morgan fingerprint density at radius 2 is 2.18 bits per heavy atom. The normalized spacial score (nSPS) is 13.9. The maximum atomic E-state index is 11.3. The predicted molar refractivity (Wildman–Crippen MR) is 73.0 cm³/mol. The van der Waals surface area contributed by atoms with Crippen molar-refractivity contribution in [2.75, 3.05) is 19.0 Å². The average molecular weight is 367 g/mol. The van der Waals surface area contributed by atoms with Gasteiger partial charge >= 0.3 is 5.97 Å². The Bertz CT molecular complexity index is 421. The number of carbonyl (C=O) groups is 1. The molecule has 94 valence electrons. The standard InChI is InChI=1S/C11H13Br2NO3/c1-11(16,10(15)17-2)6-14-9-4-3-7(12)5-8(9)13/h3-5,14,16H,6H2,1-2H3. The molecular weight excluding hydrogens is 354 g/mol. The molecule has 1 rings (SSSR count). The first-order chi connectivity index (χ1) is 7.86. The van der Waals surface area contributed by atoms with Crippen molar-refractivity contribution < 1.29 is 14.6 Å². The molecule has 4 nitrogen and oxygen atoms in total. The highest BCUT2D eigenvalue weighted by Gasteiger charge is 2.31. The number of ether oxygens (including phenoxy) is 1. The second-order valence-electron chi connectivity index (χ2n) is 3.74. The minimum Gasteiger partial charge on any atom is -0.467 e. The van der Waals surface area contributed by atoms with Gasteiger partial charge in [-0.3, -0.25) is 0 Å². The molecule has 0 spiro atoms. The first-order valence-corrected chi connectivity index (χ1v) is 6.45. The molecule has 1 aromatic rings. The van der Waals surface area contributed by atoms with Crippen molar-refractivity contribution in [2.45, 2.75) is 12.5 Å². The largest absolute Gasteiger partial charge is 0.467 e. The van der Waals surface area contributed by atoms with Crippen LogP contribution in [0.5, 0.6) is 0 Å². The van der Waals surface area contributed by atoms with Crippen molar-refractivity contribution in [2.24, 2.45) is 0 Å². The molecule has 0 radical (unpaired) electrons. The Labute approximate surface area is 117 Å². The fourth-order valence-electron chi connectivity index (χ4n) is 1.19. The number of carbonyl (C=O) groups excluding carboxylic acids is 1. The molecule has 1 aromatic carbocycles. The monoisotopic (exact) mass is 365 g/mol. The number of benzene rings is 1. The Balaban J connectivity index is 2.70. The van der Waals surface area contributed by atoms with Crippen LogP contribution in [0, 0.1) is 0 Å². The summed E-state index contributed by atoms with van der Waals surface area (Å²) in [7, 11) is 1.24. The molecule has 1 unspecified atom stereocenters. The molecule has 0 aliphatic rings. The molecule has 17 heavy (non-hydrogen) atoms. The Morgan fingerprint density at radius 3 is 2.71 bits per heavy atom. The predicted octanol–water partition coefficient (Wildman–Crippen LogP) is 2.55. The number of anilines is 1. The van der Waals surface area contributed by atoms with E-state index in [1.165, 1.54) is 14.0 Å². The summed E-state index contributed by atoms with van der Waals surface area (Å²) < 4.78 is 6.28. The van der Waals surface area contributed by atoms with E-state index in [9.17, 15) is 9.90 Å². The van der Waals surface area contributed by atoms with Crippen LogP contribution in [0.25, 0.3) is 0 Å². The third kappa shape index (κ3) is 3.97. The highest BCUT2D eigenvalue weighted by Crippen LogP contribution is 2.26. The third-order valence-corrected chi connectivity index (χ3v) is 3.33. The summed E-state index contributed by atoms with van der Waals surface area (Å²) in [6, 6.07) is 5.57. The van der Waals surface area contributed by atoms with Crippen molar-refractivity contribution >= 4 is 43.5 Å². The van der Waals surface area contributed by atoms with E-state index in [1.807, 2.05) is 18.2 Å². The van der Waals surface area contributed by atoms with Gasteiger partial charge in [0, 0.05) is 14.6 Å². The Hall–Kier alpha value is -0.590. The molecule has 6 heteroatoms. The van der Waals surface area contributed by atoms with Crippen molar-refractivity contribution in [3.05, 3.63) is 27.1 Å². The van der Waals surface area contributed by atoms with E-state index in [1.54, 1.807) is 0 Å². The van der Waals surface area contributed by atoms with E-state index in [-0.39, 0.29) is 6.54 Å². The van der Waals surface area contributed by atoms with Gasteiger partial charge in [-0.25, -0.2) is 4.79 Å². The smallest absolute Gasteiger partial charge is 0.339 e. The molecule has 0 aliphatic carbocycles. The van der Waals surface area contributed by atoms with E-state index in [0.717, 1.165) is 14.6 Å². The second kappa shape index (κ2) is 5.84. The van der Waals surface area contributed by atoms with Crippen LogP contribution in [0.3, 0.4) is 0 Å². The first-order valence-electron chi connectivity index (χ1n) is 4.86. The van der Waals surface area contributed by atoms with Gasteiger partial charge in [0.25, 0.3) is 0 Å². The van der Waals surface area contributed by atoms with E-state index in [4.69, 9.17) is 0 Å². The van der Waals surface area contributed by atoms with Crippen molar-refractivity contribution in [1.29, 1.82) is 0 Å². The van der Waals surface area contributed by atoms with Crippen LogP contribution < -0.4 is 5.32 Å². The molecule has 0 saturated heterocycles. The molecular formula is C11H13Br2NO3. The van der Waals surface area contributed by atoms with Gasteiger partial charge in [0.15, 0.2) is 5.60 Å². The lowest BCUT2D eigenvalue weighted by Gasteiger charge is -2.21. The zero-order chi connectivity index (χ0) is 13.1. The number of esters is 1. The van der Waals surface area contributed by atoms with Crippen LogP contribution >= 0.6 is 31.9 Å². The maximum absolute atomic E-state index is 11.3. The van der Waals surface area contributed by atoms with E-state index < -0.39 is 11.6 Å². The van der Waals surface area contributed by atoms with E-state index >= 15 is 0 Å². The lowest BCUT2D eigenvalue weighted by Crippen LogP contribution is -2.42. The summed E-state index contributed by atoms with van der Waals surface area (Å²) in [5.74, 6) is -0.668. The van der Waals surface area contributed by atoms with Gasteiger partial charge in [0.05, 0.1) is 13.7 Å². The summed E-state index contributed by atoms with van der Waals surface area (Å²) in [5, 5.41) is 12.8. The third-order valence-electron chi connectivity index (χ3n) is 2.18. The number of methoxy groups -OCH3 is 1. The number of halogens is 2. The quantitative estimate of drug-likeness (QED) is 0.804. The number of hydrogen-bond donors (Lipinski definition) is 2. The molecule has 0 saturated carbocycles. The summed E-state index contributed by atoms with van der Waals surface area (Å²) >= 11 is 6.72. The van der Waals surface area contributed by atoms with Gasteiger partial charge in [0.1, 0.15) is 0 Å². The summed E-state index contributed by atoms with van der Waals surface area (Å²) in [4.78, 5) is 11.3. The fourth-order valence-corrected chi connectivity index (χ4v) is 2.38. The molecule has 0 aromatic heterocycles. The second-order valence-corrected chi connectivity index (χ2v) is 5.51. The highest BCUT2D eigenvalue weighted by molar-refractivity contribution is 9.11. The lowest BCUT2D eigenvalue weighted by atomic mass is 10.1. The molecule has 0 bridgehead atoms.